The summed E-state index contributed by atoms with van der Waals surface area (Å²) in [6, 6.07) is 0. The van der Waals surface area contributed by atoms with Crippen molar-refractivity contribution in [3.05, 3.63) is 0 Å². The zero-order valence-corrected chi connectivity index (χ0v) is 15.2. The zero-order chi connectivity index (χ0) is 15.2. The summed E-state index contributed by atoms with van der Waals surface area (Å²) in [6.07, 6.45) is 0. The summed E-state index contributed by atoms with van der Waals surface area (Å²) in [6.45, 7) is 10.1. The summed E-state index contributed by atoms with van der Waals surface area (Å²) >= 11 is 0. The Morgan fingerprint density at radius 3 is 1.17 bits per heavy atom. The highest BCUT2D eigenvalue weighted by Crippen LogP contribution is 2.39. The van der Waals surface area contributed by atoms with E-state index in [0.29, 0.717) is 0 Å². The molecule has 0 radical (unpaired) electrons. The molecule has 0 unspecified atom stereocenters. The molecule has 0 heterocycles. The first-order valence-corrected chi connectivity index (χ1v) is 15.4. The van der Waals surface area contributed by atoms with Gasteiger partial charge in [0.05, 0.1) is 25.9 Å². The van der Waals surface area contributed by atoms with E-state index in [1.54, 1.807) is 39.3 Å². The van der Waals surface area contributed by atoms with E-state index in [4.69, 9.17) is 4.55 Å². The minimum absolute atomic E-state index is 0.926. The maximum atomic E-state index is 11.9. The minimum atomic E-state index is -4.59. The molecule has 18 heavy (non-hydrogen) atoms. The first-order chi connectivity index (χ1) is 7.46. The van der Waals surface area contributed by atoms with Crippen molar-refractivity contribution in [1.82, 2.24) is 0 Å². The van der Waals surface area contributed by atoms with Crippen LogP contribution >= 0.6 is 0 Å². The molecule has 0 bridgehead atoms. The van der Waals surface area contributed by atoms with Crippen LogP contribution in [0.2, 0.25) is 39.3 Å². The Hall–Kier alpha value is 0.254. The lowest BCUT2D eigenvalue weighted by atomic mass is 10.9. The molecule has 0 saturated heterocycles. The Labute approximate surface area is 111 Å². The van der Waals surface area contributed by atoms with Gasteiger partial charge < -0.3 is 0 Å². The average Bonchev–Trinajstić information content (AvgIpc) is 1.90. The molecule has 2 N–H and O–H groups in total. The standard InChI is InChI=1S/C8H22O6S2Si2/c1-17(2,3)8(16(12,13)14,18(4,5)6)7-15(9,10)11/h7H2,1-6H3,(H,9,10,11)(H,12,13,14). The van der Waals surface area contributed by atoms with Gasteiger partial charge >= 0.3 is 0 Å². The van der Waals surface area contributed by atoms with Crippen molar-refractivity contribution in [1.29, 1.82) is 0 Å². The Morgan fingerprint density at radius 2 is 1.11 bits per heavy atom. The quantitative estimate of drug-likeness (QED) is 0.578. The van der Waals surface area contributed by atoms with Crippen LogP contribution in [0.4, 0.5) is 0 Å². The fraction of sp³-hybridized carbons (Fsp3) is 1.00. The van der Waals surface area contributed by atoms with Crippen LogP contribution in [0.3, 0.4) is 0 Å². The summed E-state index contributed by atoms with van der Waals surface area (Å²) in [7, 11) is -14.4. The van der Waals surface area contributed by atoms with E-state index in [9.17, 15) is 21.4 Å². The highest BCUT2D eigenvalue weighted by molar-refractivity contribution is 7.94. The SMILES string of the molecule is C[Si](C)(C)C(CS(=O)(=O)O)([Si](C)(C)C)S(=O)(=O)O. The van der Waals surface area contributed by atoms with Crippen molar-refractivity contribution in [2.24, 2.45) is 0 Å². The van der Waals surface area contributed by atoms with Gasteiger partial charge in [-0.25, -0.2) is 0 Å². The van der Waals surface area contributed by atoms with Crippen molar-refractivity contribution in [3.8, 4) is 0 Å². The third-order valence-electron chi connectivity index (χ3n) is 3.25. The summed E-state index contributed by atoms with van der Waals surface area (Å²) in [5, 5.41) is 0. The molecule has 0 atom stereocenters. The summed E-state index contributed by atoms with van der Waals surface area (Å²) in [4.78, 5) is 0. The number of hydrogen-bond acceptors (Lipinski definition) is 4. The van der Waals surface area contributed by atoms with Crippen LogP contribution in [0.1, 0.15) is 0 Å². The number of rotatable bonds is 5. The van der Waals surface area contributed by atoms with Crippen LogP contribution in [0, 0.1) is 0 Å². The second kappa shape index (κ2) is 4.67. The van der Waals surface area contributed by atoms with E-state index >= 15 is 0 Å². The lowest BCUT2D eigenvalue weighted by molar-refractivity contribution is 0.460. The van der Waals surface area contributed by atoms with Crippen molar-refractivity contribution in [2.45, 2.75) is 43.3 Å². The molecule has 0 fully saturated rings. The first kappa shape index (κ1) is 18.3. The van der Waals surface area contributed by atoms with E-state index in [0.717, 1.165) is 0 Å². The van der Waals surface area contributed by atoms with Crippen LogP contribution < -0.4 is 0 Å². The van der Waals surface area contributed by atoms with Crippen LogP contribution in [0.15, 0.2) is 0 Å². The largest absolute Gasteiger partial charge is 0.286 e. The van der Waals surface area contributed by atoms with Crippen molar-refractivity contribution in [2.75, 3.05) is 5.75 Å². The van der Waals surface area contributed by atoms with Crippen LogP contribution in [0.25, 0.3) is 0 Å². The number of hydrogen-bond donors (Lipinski definition) is 2. The van der Waals surface area contributed by atoms with Gasteiger partial charge in [0.25, 0.3) is 20.2 Å². The third kappa shape index (κ3) is 3.42. The summed E-state index contributed by atoms with van der Waals surface area (Å²) in [5.41, 5.74) is 0. The Bertz CT molecular complexity index is 495. The highest BCUT2D eigenvalue weighted by atomic mass is 32.2. The second-order valence-electron chi connectivity index (χ2n) is 6.53. The third-order valence-corrected chi connectivity index (χ3v) is 20.7. The zero-order valence-electron chi connectivity index (χ0n) is 11.6. The molecule has 0 aliphatic carbocycles. The Balaban J connectivity index is 6.47. The molecular weight excluding hydrogens is 312 g/mol. The maximum absolute atomic E-state index is 11.9. The monoisotopic (exact) mass is 334 g/mol. The second-order valence-corrected chi connectivity index (χ2v) is 21.6. The van der Waals surface area contributed by atoms with E-state index < -0.39 is 46.1 Å². The maximum Gasteiger partial charge on any atom is 0.266 e. The van der Waals surface area contributed by atoms with Gasteiger partial charge in [-0.05, 0) is 0 Å². The average molecular weight is 335 g/mol. The fourth-order valence-corrected chi connectivity index (χ4v) is 24.0. The minimum Gasteiger partial charge on any atom is -0.286 e. The normalized spacial score (nSPS) is 15.8. The van der Waals surface area contributed by atoms with Gasteiger partial charge in [0.2, 0.25) is 0 Å². The van der Waals surface area contributed by atoms with Crippen molar-refractivity contribution in [3.63, 3.8) is 0 Å². The molecule has 0 amide bonds. The van der Waals surface area contributed by atoms with E-state index in [2.05, 4.69) is 0 Å². The topological polar surface area (TPSA) is 109 Å². The van der Waals surface area contributed by atoms with Gasteiger partial charge in [0, 0.05) is 0 Å². The van der Waals surface area contributed by atoms with Gasteiger partial charge in [0.15, 0.2) is 0 Å². The molecule has 0 saturated carbocycles. The fourth-order valence-electron chi connectivity index (χ4n) is 2.66. The lowest BCUT2D eigenvalue weighted by Gasteiger charge is -2.47. The predicted molar refractivity (Wildman–Crippen MR) is 77.4 cm³/mol. The molecule has 6 nitrogen and oxygen atoms in total. The van der Waals surface area contributed by atoms with E-state index in [-0.39, 0.29) is 0 Å². The van der Waals surface area contributed by atoms with Gasteiger partial charge in [-0.15, -0.1) is 0 Å². The molecule has 0 aromatic heterocycles. The van der Waals surface area contributed by atoms with Crippen LogP contribution in [0.5, 0.6) is 0 Å². The molecule has 10 heteroatoms. The van der Waals surface area contributed by atoms with Crippen molar-refractivity contribution < 1.29 is 25.9 Å². The van der Waals surface area contributed by atoms with Crippen LogP contribution in [-0.4, -0.2) is 51.8 Å². The highest BCUT2D eigenvalue weighted by Gasteiger charge is 2.63. The van der Waals surface area contributed by atoms with E-state index in [1.165, 1.54) is 0 Å². The van der Waals surface area contributed by atoms with Gasteiger partial charge in [-0.2, -0.15) is 16.8 Å². The van der Waals surface area contributed by atoms with E-state index in [1.807, 2.05) is 0 Å². The van der Waals surface area contributed by atoms with Gasteiger partial charge in [-0.3, -0.25) is 9.11 Å². The first-order valence-electron chi connectivity index (χ1n) is 5.38. The van der Waals surface area contributed by atoms with Crippen LogP contribution in [-0.2, 0) is 20.2 Å². The molecule has 0 spiro atoms. The smallest absolute Gasteiger partial charge is 0.266 e. The molecule has 110 valence electrons. The van der Waals surface area contributed by atoms with Crippen molar-refractivity contribution >= 4 is 36.4 Å². The molecule has 0 aliphatic rings. The molecule has 0 aliphatic heterocycles. The Kier molecular flexibility index (Phi) is 4.73. The van der Waals surface area contributed by atoms with Gasteiger partial charge in [-0.1, -0.05) is 39.3 Å². The molecule has 0 aromatic rings. The molecular formula is C8H22O6S2Si2. The van der Waals surface area contributed by atoms with Gasteiger partial charge in [0.1, 0.15) is 0 Å². The Morgan fingerprint density at radius 1 is 0.833 bits per heavy atom. The lowest BCUT2D eigenvalue weighted by Crippen LogP contribution is -2.73. The molecule has 0 aromatic carbocycles. The predicted octanol–water partition coefficient (Wildman–Crippen LogP) is 1.26. The summed E-state index contributed by atoms with van der Waals surface area (Å²) < 4.78 is 63.1. The summed E-state index contributed by atoms with van der Waals surface area (Å²) in [5.74, 6) is -0.926. The molecule has 0 rings (SSSR count).